The zero-order valence-corrected chi connectivity index (χ0v) is 7.88. The second kappa shape index (κ2) is 4.93. The monoisotopic (exact) mass is 167 g/mol. The average molecular weight is 167 g/mol. The van der Waals surface area contributed by atoms with Gasteiger partial charge in [-0.15, -0.1) is 0 Å². The van der Waals surface area contributed by atoms with Crippen molar-refractivity contribution in [2.75, 3.05) is 13.1 Å². The maximum Gasteiger partial charge on any atom is 0.105 e. The summed E-state index contributed by atoms with van der Waals surface area (Å²) in [5.74, 6) is 1.10. The maximum atomic E-state index is 4.16. The van der Waals surface area contributed by atoms with Gasteiger partial charge in [0.2, 0.25) is 0 Å². The van der Waals surface area contributed by atoms with E-state index in [1.807, 2.05) is 19.3 Å². The molecule has 3 nitrogen and oxygen atoms in total. The van der Waals surface area contributed by atoms with E-state index in [0.29, 0.717) is 0 Å². The highest BCUT2D eigenvalue weighted by Gasteiger charge is 1.94. The lowest BCUT2D eigenvalue weighted by Gasteiger charge is -2.04. The summed E-state index contributed by atoms with van der Waals surface area (Å²) < 4.78 is 2.18. The van der Waals surface area contributed by atoms with Gasteiger partial charge in [-0.3, -0.25) is 0 Å². The Labute approximate surface area is 73.8 Å². The molecule has 0 aliphatic rings. The summed E-state index contributed by atoms with van der Waals surface area (Å²) >= 11 is 0. The van der Waals surface area contributed by atoms with E-state index in [9.17, 15) is 0 Å². The first-order valence-corrected chi connectivity index (χ1v) is 4.53. The molecule has 0 aromatic carbocycles. The Morgan fingerprint density at radius 3 is 3.00 bits per heavy atom. The highest BCUT2D eigenvalue weighted by molar-refractivity contribution is 4.87. The van der Waals surface area contributed by atoms with Gasteiger partial charge in [-0.05, 0) is 26.4 Å². The van der Waals surface area contributed by atoms with Crippen molar-refractivity contribution in [3.05, 3.63) is 18.2 Å². The third-order valence-electron chi connectivity index (χ3n) is 1.93. The van der Waals surface area contributed by atoms with Crippen molar-refractivity contribution < 1.29 is 0 Å². The van der Waals surface area contributed by atoms with Crippen molar-refractivity contribution >= 4 is 0 Å². The molecule has 0 atom stereocenters. The van der Waals surface area contributed by atoms with Crippen molar-refractivity contribution in [3.63, 3.8) is 0 Å². The lowest BCUT2D eigenvalue weighted by atomic mass is 10.4. The van der Waals surface area contributed by atoms with E-state index in [4.69, 9.17) is 0 Å². The molecule has 0 fully saturated rings. The van der Waals surface area contributed by atoms with Crippen molar-refractivity contribution in [3.8, 4) is 0 Å². The van der Waals surface area contributed by atoms with Crippen molar-refractivity contribution in [2.24, 2.45) is 0 Å². The normalized spacial score (nSPS) is 10.5. The van der Waals surface area contributed by atoms with E-state index in [0.717, 1.165) is 25.5 Å². The first-order valence-electron chi connectivity index (χ1n) is 4.53. The summed E-state index contributed by atoms with van der Waals surface area (Å²) in [7, 11) is 0. The molecule has 0 aliphatic carbocycles. The van der Waals surface area contributed by atoms with Crippen molar-refractivity contribution in [1.82, 2.24) is 14.9 Å². The van der Waals surface area contributed by atoms with Gasteiger partial charge in [0.05, 0.1) is 0 Å². The van der Waals surface area contributed by atoms with Crippen LogP contribution in [0, 0.1) is 6.92 Å². The molecular formula is C9H17N3. The van der Waals surface area contributed by atoms with E-state index < -0.39 is 0 Å². The molecule has 0 unspecified atom stereocenters. The first kappa shape index (κ1) is 9.26. The minimum atomic E-state index is 1.06. The maximum absolute atomic E-state index is 4.16. The Balaban J connectivity index is 2.20. The number of aromatic nitrogens is 2. The smallest absolute Gasteiger partial charge is 0.105 e. The SMILES string of the molecule is CCNCCCn1ccnc1C. The molecule has 68 valence electrons. The molecule has 0 radical (unpaired) electrons. The Morgan fingerprint density at radius 1 is 1.58 bits per heavy atom. The number of nitrogens with one attached hydrogen (secondary N) is 1. The molecule has 0 saturated carbocycles. The minimum absolute atomic E-state index is 1.06. The molecule has 3 heteroatoms. The van der Waals surface area contributed by atoms with Crippen LogP contribution in [-0.4, -0.2) is 22.6 Å². The van der Waals surface area contributed by atoms with Crippen LogP contribution in [0.1, 0.15) is 19.2 Å². The first-order chi connectivity index (χ1) is 5.84. The standard InChI is InChI=1S/C9H17N3/c1-3-10-5-4-7-12-8-6-11-9(12)2/h6,8,10H,3-5,7H2,1-2H3. The van der Waals surface area contributed by atoms with Crippen LogP contribution >= 0.6 is 0 Å². The highest BCUT2D eigenvalue weighted by Crippen LogP contribution is 1.95. The molecule has 12 heavy (non-hydrogen) atoms. The van der Waals surface area contributed by atoms with Gasteiger partial charge in [0.25, 0.3) is 0 Å². The summed E-state index contributed by atoms with van der Waals surface area (Å²) in [5.41, 5.74) is 0. The number of rotatable bonds is 5. The van der Waals surface area contributed by atoms with Crippen molar-refractivity contribution in [2.45, 2.75) is 26.8 Å². The van der Waals surface area contributed by atoms with E-state index >= 15 is 0 Å². The quantitative estimate of drug-likeness (QED) is 0.668. The van der Waals surface area contributed by atoms with Crippen LogP contribution in [0.15, 0.2) is 12.4 Å². The molecule has 1 N–H and O–H groups in total. The third-order valence-corrected chi connectivity index (χ3v) is 1.93. The van der Waals surface area contributed by atoms with Gasteiger partial charge in [-0.1, -0.05) is 6.92 Å². The van der Waals surface area contributed by atoms with Crippen LogP contribution in [0.3, 0.4) is 0 Å². The van der Waals surface area contributed by atoms with Crippen molar-refractivity contribution in [1.29, 1.82) is 0 Å². The van der Waals surface area contributed by atoms with Gasteiger partial charge < -0.3 is 9.88 Å². The van der Waals surface area contributed by atoms with E-state index in [2.05, 4.69) is 21.8 Å². The number of aryl methyl sites for hydroxylation is 2. The second-order valence-corrected chi connectivity index (χ2v) is 2.87. The van der Waals surface area contributed by atoms with Crippen LogP contribution < -0.4 is 5.32 Å². The molecule has 1 aromatic rings. The van der Waals surface area contributed by atoms with Gasteiger partial charge in [-0.2, -0.15) is 0 Å². The zero-order valence-electron chi connectivity index (χ0n) is 7.88. The summed E-state index contributed by atoms with van der Waals surface area (Å²) in [6.45, 7) is 7.38. The molecule has 0 bridgehead atoms. The molecular weight excluding hydrogens is 150 g/mol. The van der Waals surface area contributed by atoms with Gasteiger partial charge in [0, 0.05) is 18.9 Å². The number of hydrogen-bond acceptors (Lipinski definition) is 2. The molecule has 1 aromatic heterocycles. The Bertz CT molecular complexity index is 217. The predicted octanol–water partition coefficient (Wildman–Crippen LogP) is 1.19. The summed E-state index contributed by atoms with van der Waals surface area (Å²) in [4.78, 5) is 4.16. The molecule has 1 rings (SSSR count). The molecule has 0 aliphatic heterocycles. The highest BCUT2D eigenvalue weighted by atomic mass is 15.0. The predicted molar refractivity (Wildman–Crippen MR) is 50.1 cm³/mol. The van der Waals surface area contributed by atoms with Gasteiger partial charge in [-0.25, -0.2) is 4.98 Å². The Kier molecular flexibility index (Phi) is 3.80. The van der Waals surface area contributed by atoms with E-state index in [1.54, 1.807) is 0 Å². The van der Waals surface area contributed by atoms with Gasteiger partial charge in [0.15, 0.2) is 0 Å². The molecule has 0 saturated heterocycles. The molecule has 0 amide bonds. The van der Waals surface area contributed by atoms with Crippen LogP contribution in [0.25, 0.3) is 0 Å². The fraction of sp³-hybridized carbons (Fsp3) is 0.667. The topological polar surface area (TPSA) is 29.9 Å². The number of nitrogens with zero attached hydrogens (tertiary/aromatic N) is 2. The lowest BCUT2D eigenvalue weighted by molar-refractivity contribution is 0.583. The van der Waals surface area contributed by atoms with Crippen LogP contribution in [0.5, 0.6) is 0 Å². The largest absolute Gasteiger partial charge is 0.335 e. The average Bonchev–Trinajstić information content (AvgIpc) is 2.46. The summed E-state index contributed by atoms with van der Waals surface area (Å²) in [6, 6.07) is 0. The van der Waals surface area contributed by atoms with E-state index in [-0.39, 0.29) is 0 Å². The van der Waals surface area contributed by atoms with Crippen LogP contribution in [0.2, 0.25) is 0 Å². The third kappa shape index (κ3) is 2.66. The van der Waals surface area contributed by atoms with E-state index in [1.165, 1.54) is 6.42 Å². The van der Waals surface area contributed by atoms with Crippen LogP contribution in [0.4, 0.5) is 0 Å². The van der Waals surface area contributed by atoms with Gasteiger partial charge >= 0.3 is 0 Å². The Hall–Kier alpha value is -0.830. The lowest BCUT2D eigenvalue weighted by Crippen LogP contribution is -2.16. The zero-order chi connectivity index (χ0) is 8.81. The summed E-state index contributed by atoms with van der Waals surface area (Å²) in [6.07, 6.45) is 5.05. The second-order valence-electron chi connectivity index (χ2n) is 2.87. The van der Waals surface area contributed by atoms with Crippen LogP contribution in [-0.2, 0) is 6.54 Å². The number of imidazole rings is 1. The summed E-state index contributed by atoms with van der Waals surface area (Å²) in [5, 5.41) is 3.30. The van der Waals surface area contributed by atoms with Gasteiger partial charge in [0.1, 0.15) is 5.82 Å². The fourth-order valence-corrected chi connectivity index (χ4v) is 1.19. The minimum Gasteiger partial charge on any atom is -0.335 e. The fourth-order valence-electron chi connectivity index (χ4n) is 1.19. The number of hydrogen-bond donors (Lipinski definition) is 1. The molecule has 1 heterocycles. The Morgan fingerprint density at radius 2 is 2.42 bits per heavy atom. The molecule has 0 spiro atoms.